The number of rotatable bonds is 5. The molecule has 0 bridgehead atoms. The van der Waals surface area contributed by atoms with Crippen LogP contribution in [0.5, 0.6) is 0 Å². The van der Waals surface area contributed by atoms with Gasteiger partial charge in [0.25, 0.3) is 0 Å². The molecule has 62 heavy (non-hydrogen) atoms. The van der Waals surface area contributed by atoms with Crippen molar-refractivity contribution in [3.05, 3.63) is 179 Å². The molecule has 2 aliphatic heterocycles. The van der Waals surface area contributed by atoms with E-state index in [4.69, 9.17) is 9.97 Å². The summed E-state index contributed by atoms with van der Waals surface area (Å²) in [4.78, 5) is 14.9. The van der Waals surface area contributed by atoms with E-state index in [1.54, 1.807) is 0 Å². The number of para-hydroxylation sites is 1. The molecule has 0 saturated heterocycles. The van der Waals surface area contributed by atoms with Crippen LogP contribution in [0.4, 0.5) is 34.1 Å². The molecule has 0 amide bonds. The van der Waals surface area contributed by atoms with Crippen LogP contribution in [0.1, 0.15) is 58.7 Å². The second-order valence-electron chi connectivity index (χ2n) is 17.5. The van der Waals surface area contributed by atoms with Crippen molar-refractivity contribution in [1.82, 2.24) is 14.5 Å². The van der Waals surface area contributed by atoms with Crippen LogP contribution in [0, 0.1) is 53.7 Å². The molecular formula is C55H46BN5Pt. The average Bonchev–Trinajstić information content (AvgIpc) is 3.57. The largest absolute Gasteiger partial charge is 2.00 e. The quantitative estimate of drug-likeness (QED) is 0.127. The maximum Gasteiger partial charge on any atom is 2.00 e. The maximum atomic E-state index is 4.91. The molecule has 0 atom stereocenters. The molecule has 304 valence electrons. The first-order valence-electron chi connectivity index (χ1n) is 21.4. The van der Waals surface area contributed by atoms with Gasteiger partial charge in [-0.2, -0.15) is 11.5 Å². The van der Waals surface area contributed by atoms with E-state index >= 15 is 0 Å². The van der Waals surface area contributed by atoms with E-state index < -0.39 is 0 Å². The number of aryl methyl sites for hydroxylation is 6. The van der Waals surface area contributed by atoms with Crippen molar-refractivity contribution >= 4 is 79.0 Å². The Hall–Kier alpha value is -6.23. The van der Waals surface area contributed by atoms with Gasteiger partial charge in [-0.05, 0) is 134 Å². The molecule has 0 unspecified atom stereocenters. The standard InChI is InChI=1S/C55H46BN5.Pt/c1-32(2)40-28-50-53-51(29-40)61(55-37(7)25-34(4)26-38(55)8)49-30-42-41-15-9-10-17-46(41)59(52-18-12-14-22-58-52)48(42)31-44(49)56(53)43-27-39(45-16-11-13-21-57-45)19-20-47(43)60(50)54-35(5)23-33(3)24-36(54)6;/h9-26,28-30,32H,1-8H3;/q-2;+2. The Morgan fingerprint density at radius 3 is 1.73 bits per heavy atom. The summed E-state index contributed by atoms with van der Waals surface area (Å²) < 4.78 is 2.29. The third-order valence-electron chi connectivity index (χ3n) is 12.9. The van der Waals surface area contributed by atoms with Gasteiger partial charge in [0, 0.05) is 40.7 Å². The Bertz CT molecular complexity index is 3220. The summed E-state index contributed by atoms with van der Waals surface area (Å²) in [6.07, 6.45) is 3.75. The molecule has 5 heterocycles. The smallest absolute Gasteiger partial charge is 0.366 e. The van der Waals surface area contributed by atoms with Crippen LogP contribution in [0.25, 0.3) is 38.9 Å². The van der Waals surface area contributed by atoms with Gasteiger partial charge in [0.05, 0.1) is 0 Å². The molecule has 0 aliphatic carbocycles. The van der Waals surface area contributed by atoms with Crippen LogP contribution in [-0.2, 0) is 21.1 Å². The summed E-state index contributed by atoms with van der Waals surface area (Å²) in [6, 6.07) is 50.4. The van der Waals surface area contributed by atoms with Crippen molar-refractivity contribution < 1.29 is 21.1 Å². The Kier molecular flexibility index (Phi) is 9.65. The first-order valence-corrected chi connectivity index (χ1v) is 21.4. The fourth-order valence-corrected chi connectivity index (χ4v) is 10.5. The van der Waals surface area contributed by atoms with Crippen molar-refractivity contribution in [2.75, 3.05) is 9.80 Å². The van der Waals surface area contributed by atoms with Crippen molar-refractivity contribution in [3.8, 4) is 17.1 Å². The Balaban J connectivity index is 0.00000458. The molecule has 2 aliphatic rings. The Morgan fingerprint density at radius 1 is 0.548 bits per heavy atom. The van der Waals surface area contributed by atoms with Crippen molar-refractivity contribution in [1.29, 1.82) is 0 Å². The number of nitrogens with zero attached hydrogens (tertiary/aromatic N) is 5. The minimum Gasteiger partial charge on any atom is -0.366 e. The second kappa shape index (κ2) is 15.0. The van der Waals surface area contributed by atoms with Crippen molar-refractivity contribution in [3.63, 3.8) is 0 Å². The van der Waals surface area contributed by atoms with E-state index in [9.17, 15) is 0 Å². The maximum absolute atomic E-state index is 4.91. The summed E-state index contributed by atoms with van der Waals surface area (Å²) in [7, 11) is 0. The van der Waals surface area contributed by atoms with Gasteiger partial charge < -0.3 is 19.4 Å². The summed E-state index contributed by atoms with van der Waals surface area (Å²) in [5.74, 6) is 1.16. The molecule has 7 heteroatoms. The second-order valence-corrected chi connectivity index (χ2v) is 17.5. The van der Waals surface area contributed by atoms with Gasteiger partial charge >= 0.3 is 21.1 Å². The van der Waals surface area contributed by atoms with Gasteiger partial charge in [-0.3, -0.25) is 0 Å². The number of anilines is 6. The van der Waals surface area contributed by atoms with Crippen LogP contribution in [0.3, 0.4) is 0 Å². The predicted molar refractivity (Wildman–Crippen MR) is 256 cm³/mol. The van der Waals surface area contributed by atoms with E-state index in [1.165, 1.54) is 72.5 Å². The minimum atomic E-state index is -0.191. The van der Waals surface area contributed by atoms with Crippen LogP contribution < -0.4 is 26.2 Å². The molecule has 3 aromatic heterocycles. The molecule has 5 nitrogen and oxygen atoms in total. The molecule has 0 fully saturated rings. The molecule has 11 rings (SSSR count). The molecule has 9 aromatic rings. The number of hydrogen-bond acceptors (Lipinski definition) is 4. The minimum absolute atomic E-state index is 0. The van der Waals surface area contributed by atoms with Gasteiger partial charge in [0.1, 0.15) is 5.82 Å². The van der Waals surface area contributed by atoms with Gasteiger partial charge in [-0.25, -0.2) is 4.98 Å². The summed E-state index contributed by atoms with van der Waals surface area (Å²) in [5.41, 5.74) is 23.3. The SMILES string of the molecule is Cc1cc(C)c(N2c3ccc(-c4ccccn4)[c-]c3B3c4[c-]c5c(cc4N(c4c(C)cc(C)cc4C)c4cc(C(C)C)cc2c43)c2ccccc2n5-c2ccccn2)c(C)c1.[Pt+2]. The van der Waals surface area contributed by atoms with Gasteiger partial charge in [0.15, 0.2) is 0 Å². The first kappa shape index (κ1) is 39.9. The van der Waals surface area contributed by atoms with Gasteiger partial charge in [0.2, 0.25) is 6.71 Å². The van der Waals surface area contributed by atoms with Crippen molar-refractivity contribution in [2.24, 2.45) is 0 Å². The van der Waals surface area contributed by atoms with E-state index in [1.807, 2.05) is 24.5 Å². The van der Waals surface area contributed by atoms with Crippen LogP contribution in [0.2, 0.25) is 0 Å². The molecule has 0 saturated carbocycles. The number of aromatic nitrogens is 3. The van der Waals surface area contributed by atoms with Crippen LogP contribution in [-0.4, -0.2) is 21.2 Å². The van der Waals surface area contributed by atoms with E-state index in [0.29, 0.717) is 0 Å². The monoisotopic (exact) mass is 982 g/mol. The number of hydrogen-bond donors (Lipinski definition) is 0. The molecule has 0 spiro atoms. The summed E-state index contributed by atoms with van der Waals surface area (Å²) >= 11 is 0. The summed E-state index contributed by atoms with van der Waals surface area (Å²) in [6.45, 7) is 17.9. The zero-order chi connectivity index (χ0) is 41.8. The number of fused-ring (bicyclic) bond motifs is 7. The normalized spacial score (nSPS) is 12.8. The van der Waals surface area contributed by atoms with Crippen LogP contribution in [0.15, 0.2) is 128 Å². The zero-order valence-corrected chi connectivity index (χ0v) is 38.6. The third-order valence-corrected chi connectivity index (χ3v) is 12.9. The predicted octanol–water partition coefficient (Wildman–Crippen LogP) is 11.9. The Morgan fingerprint density at radius 2 is 1.13 bits per heavy atom. The zero-order valence-electron chi connectivity index (χ0n) is 36.3. The fourth-order valence-electron chi connectivity index (χ4n) is 10.5. The van der Waals surface area contributed by atoms with Gasteiger partial charge in [-0.1, -0.05) is 96.8 Å². The average molecular weight is 983 g/mol. The summed E-state index contributed by atoms with van der Waals surface area (Å²) in [5, 5.41) is 2.32. The fraction of sp³-hybridized carbons (Fsp3) is 0.164. The topological polar surface area (TPSA) is 37.2 Å². The molecule has 6 aromatic carbocycles. The molecular weight excluding hydrogens is 937 g/mol. The molecule has 0 N–H and O–H groups in total. The number of pyridine rings is 2. The first-order chi connectivity index (χ1) is 29.6. The molecule has 0 radical (unpaired) electrons. The van der Waals surface area contributed by atoms with Gasteiger partial charge in [-0.15, -0.1) is 40.7 Å². The van der Waals surface area contributed by atoms with Crippen molar-refractivity contribution in [2.45, 2.75) is 61.3 Å². The third kappa shape index (κ3) is 6.02. The van der Waals surface area contributed by atoms with E-state index in [-0.39, 0.29) is 33.7 Å². The van der Waals surface area contributed by atoms with E-state index in [0.717, 1.165) is 55.8 Å². The number of benzene rings is 6. The van der Waals surface area contributed by atoms with E-state index in [2.05, 4.69) is 185 Å². The Labute approximate surface area is 379 Å². The van der Waals surface area contributed by atoms with Crippen LogP contribution >= 0.6 is 0 Å².